The fraction of sp³-hybridized carbons (Fsp3) is 0.649. The highest BCUT2D eigenvalue weighted by atomic mass is 16.7. The molecule has 0 aromatic heterocycles. The van der Waals surface area contributed by atoms with Crippen LogP contribution in [0.1, 0.15) is 70.1 Å². The number of carbonyl (C=O) groups is 1. The van der Waals surface area contributed by atoms with E-state index in [4.69, 9.17) is 18.9 Å². The molecule has 0 saturated carbocycles. The molecule has 10 N–H and O–H groups in total. The molecule has 15 nitrogen and oxygen atoms in total. The average Bonchev–Trinajstić information content (AvgIpc) is 3.12. The van der Waals surface area contributed by atoms with Gasteiger partial charge < -0.3 is 70.0 Å². The molecular weight excluding hydrogens is 684 g/mol. The third-order valence-electron chi connectivity index (χ3n) is 9.57. The van der Waals surface area contributed by atoms with Crippen molar-refractivity contribution in [3.63, 3.8) is 0 Å². The summed E-state index contributed by atoms with van der Waals surface area (Å²) in [7, 11) is 0. The topological polar surface area (TPSA) is 256 Å². The number of ether oxygens (including phenoxy) is 4. The smallest absolute Gasteiger partial charge is 0.331 e. The maximum Gasteiger partial charge on any atom is 0.331 e. The van der Waals surface area contributed by atoms with Crippen LogP contribution in [-0.2, 0) is 30.3 Å². The fourth-order valence-electron chi connectivity index (χ4n) is 6.14. The second kappa shape index (κ2) is 21.1. The molecule has 0 amide bonds. The van der Waals surface area contributed by atoms with Crippen molar-refractivity contribution in [2.75, 3.05) is 13.2 Å². The Kier molecular flexibility index (Phi) is 17.6. The van der Waals surface area contributed by atoms with Crippen LogP contribution in [0.3, 0.4) is 0 Å². The Bertz CT molecular complexity index is 1330. The van der Waals surface area contributed by atoms with Crippen LogP contribution in [0.15, 0.2) is 48.6 Å². The number of rotatable bonds is 18. The molecule has 2 aliphatic rings. The highest BCUT2D eigenvalue weighted by Gasteiger charge is 2.53. The summed E-state index contributed by atoms with van der Waals surface area (Å²) < 4.78 is 22.7. The molecule has 3 rings (SSSR count). The number of hydrogen-bond donors (Lipinski definition) is 10. The van der Waals surface area contributed by atoms with Crippen LogP contribution >= 0.6 is 0 Å². The van der Waals surface area contributed by atoms with Gasteiger partial charge in [0.2, 0.25) is 0 Å². The number of carbonyl (C=O) groups excluding carboxylic acids is 1. The van der Waals surface area contributed by atoms with Crippen molar-refractivity contribution in [1.82, 2.24) is 0 Å². The van der Waals surface area contributed by atoms with Gasteiger partial charge in [-0.3, -0.25) is 0 Å². The molecule has 52 heavy (non-hydrogen) atoms. The Hall–Kier alpha value is -2.93. The lowest BCUT2D eigenvalue weighted by molar-refractivity contribution is -0.343. The summed E-state index contributed by atoms with van der Waals surface area (Å²) in [6.07, 6.45) is -3.23. The van der Waals surface area contributed by atoms with E-state index >= 15 is 0 Å². The zero-order valence-corrected chi connectivity index (χ0v) is 29.8. The Morgan fingerprint density at radius 2 is 1.62 bits per heavy atom. The number of unbranched alkanes of at least 4 members (excludes halogenated alkanes) is 1. The first-order valence-corrected chi connectivity index (χ1v) is 17.7. The molecule has 4 unspecified atom stereocenters. The molecule has 13 atom stereocenters. The summed E-state index contributed by atoms with van der Waals surface area (Å²) in [5, 5.41) is 104. The number of aromatic hydroxyl groups is 2. The standard InChI is InChI=1S/C37H56O15/c1-4-20(2)11-7-5-8-12-21(3)24(42)13-9-6-10-14-28(44)51-36-33(48)35(29-22(17-38)15-23(41)16-25(29)43)49-27(19-40)34(36)52-37-32(47)31(46)30(45)26(18-39)50-37/h6-7,9-11,14-16,20-21,24,26-27,30-43,45-48H,4-5,8,12-13,17-19H2,1-3H3/b9-6+,11-7+,14-10+/t20?,21?,24?,26-,27-,30+,31+,32-,33+,34-,35?,36-,37+/m1/s1. The van der Waals surface area contributed by atoms with Crippen LogP contribution in [0.4, 0.5) is 0 Å². The molecule has 294 valence electrons. The monoisotopic (exact) mass is 740 g/mol. The first-order valence-electron chi connectivity index (χ1n) is 17.7. The normalized spacial score (nSPS) is 31.7. The second-order valence-corrected chi connectivity index (χ2v) is 13.5. The van der Waals surface area contributed by atoms with E-state index in [1.807, 2.05) is 6.92 Å². The molecule has 1 aromatic carbocycles. The summed E-state index contributed by atoms with van der Waals surface area (Å²) in [6.45, 7) is 3.97. The molecule has 0 bridgehead atoms. The van der Waals surface area contributed by atoms with Gasteiger partial charge in [0.25, 0.3) is 0 Å². The van der Waals surface area contributed by atoms with Gasteiger partial charge >= 0.3 is 5.97 Å². The minimum atomic E-state index is -1.89. The van der Waals surface area contributed by atoms with Gasteiger partial charge in [0.15, 0.2) is 12.4 Å². The Morgan fingerprint density at radius 3 is 2.27 bits per heavy atom. The van der Waals surface area contributed by atoms with Gasteiger partial charge in [0.05, 0.1) is 25.9 Å². The van der Waals surface area contributed by atoms with E-state index in [0.717, 1.165) is 43.9 Å². The summed E-state index contributed by atoms with van der Waals surface area (Å²) in [4.78, 5) is 13.1. The van der Waals surface area contributed by atoms with Crippen molar-refractivity contribution in [2.24, 2.45) is 11.8 Å². The number of aliphatic hydroxyl groups excluding tert-OH is 8. The first kappa shape index (κ1) is 43.5. The molecule has 2 heterocycles. The van der Waals surface area contributed by atoms with Gasteiger partial charge in [-0.25, -0.2) is 4.79 Å². The number of allylic oxidation sites excluding steroid dienone is 4. The lowest BCUT2D eigenvalue weighted by atomic mass is 9.88. The quantitative estimate of drug-likeness (QED) is 0.0328. The van der Waals surface area contributed by atoms with Gasteiger partial charge in [-0.2, -0.15) is 0 Å². The van der Waals surface area contributed by atoms with Crippen molar-refractivity contribution in [2.45, 2.75) is 127 Å². The van der Waals surface area contributed by atoms with Crippen LogP contribution < -0.4 is 0 Å². The van der Waals surface area contributed by atoms with Crippen LogP contribution in [0.2, 0.25) is 0 Å². The van der Waals surface area contributed by atoms with Crippen molar-refractivity contribution in [3.8, 4) is 11.5 Å². The lowest BCUT2D eigenvalue weighted by Crippen LogP contribution is -2.63. The van der Waals surface area contributed by atoms with Crippen molar-refractivity contribution in [3.05, 3.63) is 59.7 Å². The SMILES string of the molecule is CCC(C)/C=C/CCCC(C)C(O)C/C=C/C=C/C(=O)O[C@H]1[C@H](O[C@@H]2O[C@H](CO)[C@H](O)[C@H](O)[C@H]2O)[C@@H](CO)OC(c2c(O)cc(O)cc2CO)[C@@H]1O. The summed E-state index contributed by atoms with van der Waals surface area (Å²) in [5.41, 5.74) is -0.219. The molecule has 2 saturated heterocycles. The van der Waals surface area contributed by atoms with Crippen molar-refractivity contribution in [1.29, 1.82) is 0 Å². The molecule has 2 aliphatic heterocycles. The number of phenolic OH excluding ortho intramolecular Hbond substituents is 2. The molecule has 0 aliphatic carbocycles. The third-order valence-corrected chi connectivity index (χ3v) is 9.57. The minimum Gasteiger partial charge on any atom is -0.508 e. The van der Waals surface area contributed by atoms with E-state index < -0.39 is 105 Å². The fourth-order valence-corrected chi connectivity index (χ4v) is 6.14. The Balaban J connectivity index is 1.77. The lowest BCUT2D eigenvalue weighted by Gasteiger charge is -2.47. The van der Waals surface area contributed by atoms with E-state index in [-0.39, 0.29) is 17.0 Å². The van der Waals surface area contributed by atoms with Gasteiger partial charge in [-0.05, 0) is 49.1 Å². The summed E-state index contributed by atoms with van der Waals surface area (Å²) in [6, 6.07) is 2.06. The average molecular weight is 741 g/mol. The number of hydrogen-bond acceptors (Lipinski definition) is 15. The van der Waals surface area contributed by atoms with Crippen molar-refractivity contribution >= 4 is 5.97 Å². The van der Waals surface area contributed by atoms with Crippen LogP contribution in [0.25, 0.3) is 0 Å². The van der Waals surface area contributed by atoms with Gasteiger partial charge in [0, 0.05) is 17.7 Å². The van der Waals surface area contributed by atoms with E-state index in [0.29, 0.717) is 12.3 Å². The number of phenols is 2. The zero-order valence-electron chi connectivity index (χ0n) is 29.8. The van der Waals surface area contributed by atoms with E-state index in [9.17, 15) is 55.9 Å². The highest BCUT2D eigenvalue weighted by molar-refractivity contribution is 5.82. The molecule has 15 heteroatoms. The molecule has 1 aromatic rings. The van der Waals surface area contributed by atoms with E-state index in [2.05, 4.69) is 26.0 Å². The van der Waals surface area contributed by atoms with Crippen molar-refractivity contribution < 1.29 is 74.8 Å². The van der Waals surface area contributed by atoms with E-state index in [1.54, 1.807) is 6.08 Å². The number of esters is 1. The van der Waals surface area contributed by atoms with Crippen LogP contribution in [0, 0.1) is 11.8 Å². The largest absolute Gasteiger partial charge is 0.508 e. The molecule has 0 spiro atoms. The van der Waals surface area contributed by atoms with Crippen LogP contribution in [0.5, 0.6) is 11.5 Å². The maximum absolute atomic E-state index is 13.1. The first-order chi connectivity index (χ1) is 24.8. The molecular formula is C37H56O15. The molecule has 0 radical (unpaired) electrons. The van der Waals surface area contributed by atoms with Gasteiger partial charge in [-0.1, -0.05) is 57.6 Å². The van der Waals surface area contributed by atoms with Gasteiger partial charge in [0.1, 0.15) is 60.3 Å². The number of benzene rings is 1. The highest BCUT2D eigenvalue weighted by Crippen LogP contribution is 2.42. The Morgan fingerprint density at radius 1 is 0.904 bits per heavy atom. The maximum atomic E-state index is 13.1. The minimum absolute atomic E-state index is 0.0448. The second-order valence-electron chi connectivity index (χ2n) is 13.5. The van der Waals surface area contributed by atoms with E-state index in [1.165, 1.54) is 12.2 Å². The summed E-state index contributed by atoms with van der Waals surface area (Å²) in [5.74, 6) is -1.38. The summed E-state index contributed by atoms with van der Waals surface area (Å²) >= 11 is 0. The number of aliphatic hydroxyl groups is 8. The molecule has 2 fully saturated rings. The zero-order chi connectivity index (χ0) is 38.5. The Labute approximate surface area is 303 Å². The predicted octanol–water partition coefficient (Wildman–Crippen LogP) is 0.752. The van der Waals surface area contributed by atoms with Crippen LogP contribution in [-0.4, -0.2) is 131 Å². The third kappa shape index (κ3) is 11.5. The van der Waals surface area contributed by atoms with Gasteiger partial charge in [-0.15, -0.1) is 0 Å². The predicted molar refractivity (Wildman–Crippen MR) is 185 cm³/mol.